The fraction of sp³-hybridized carbons (Fsp3) is 0.391. The summed E-state index contributed by atoms with van der Waals surface area (Å²) in [6, 6.07) is 15.9. The van der Waals surface area contributed by atoms with E-state index in [0.29, 0.717) is 0 Å². The van der Waals surface area contributed by atoms with Gasteiger partial charge in [0.2, 0.25) is 0 Å². The van der Waals surface area contributed by atoms with Crippen molar-refractivity contribution in [3.63, 3.8) is 0 Å². The smallest absolute Gasteiger partial charge is 0.283 e. The predicted molar refractivity (Wildman–Crippen MR) is 128 cm³/mol. The van der Waals surface area contributed by atoms with Crippen molar-refractivity contribution in [1.29, 1.82) is 0 Å². The maximum atomic E-state index is 11.9. The van der Waals surface area contributed by atoms with E-state index in [2.05, 4.69) is 24.5 Å². The fourth-order valence-corrected chi connectivity index (χ4v) is 4.19. The molecule has 29 heavy (non-hydrogen) atoms. The molecule has 2 amide bonds. The summed E-state index contributed by atoms with van der Waals surface area (Å²) in [6.07, 6.45) is 5.10. The van der Waals surface area contributed by atoms with E-state index in [1.54, 1.807) is 0 Å². The van der Waals surface area contributed by atoms with Crippen molar-refractivity contribution >= 4 is 45.4 Å². The van der Waals surface area contributed by atoms with Crippen molar-refractivity contribution in [3.05, 3.63) is 59.7 Å². The molecule has 0 radical (unpaired) electrons. The number of rotatable bonds is 10. The molecule has 0 unspecified atom stereocenters. The molecule has 2 aromatic rings. The molecule has 2 aromatic carbocycles. The molecule has 0 aliphatic heterocycles. The number of carbonyl (C=O) groups is 2. The Morgan fingerprint density at radius 2 is 1.07 bits per heavy atom. The minimum Gasteiger partial charge on any atom is -0.317 e. The highest BCUT2D eigenvalue weighted by atomic mass is 32.2. The molecular weight excluding hydrogens is 400 g/mol. The van der Waals surface area contributed by atoms with Crippen LogP contribution < -0.4 is 10.6 Å². The molecule has 0 atom stereocenters. The van der Waals surface area contributed by atoms with Gasteiger partial charge in [-0.15, -0.1) is 0 Å². The molecule has 0 aliphatic carbocycles. The standard InChI is InChI=1S/C23H30N2O2S2/c1-3-5-15-28-22(26)24-20-11-7-18(8-12-20)17-19-9-13-21(14-10-19)25-23(27)29-16-6-4-2/h7-14H,3-6,15-17H2,1-2H3,(H,24,26)(H,25,27). The molecule has 0 heterocycles. The number of amides is 2. The first-order valence-electron chi connectivity index (χ1n) is 10.2. The van der Waals surface area contributed by atoms with E-state index in [9.17, 15) is 9.59 Å². The van der Waals surface area contributed by atoms with Gasteiger partial charge < -0.3 is 10.6 Å². The van der Waals surface area contributed by atoms with Crippen molar-refractivity contribution < 1.29 is 9.59 Å². The quantitative estimate of drug-likeness (QED) is 0.385. The maximum absolute atomic E-state index is 11.9. The van der Waals surface area contributed by atoms with Crippen LogP contribution >= 0.6 is 23.5 Å². The van der Waals surface area contributed by atoms with Gasteiger partial charge in [-0.2, -0.15) is 0 Å². The highest BCUT2D eigenvalue weighted by Crippen LogP contribution is 2.18. The van der Waals surface area contributed by atoms with Crippen molar-refractivity contribution in [2.45, 2.75) is 46.0 Å². The van der Waals surface area contributed by atoms with E-state index in [1.165, 1.54) is 34.7 Å². The van der Waals surface area contributed by atoms with Crippen LogP contribution in [0.2, 0.25) is 0 Å². The Hall–Kier alpha value is -1.92. The highest BCUT2D eigenvalue weighted by molar-refractivity contribution is 8.14. The van der Waals surface area contributed by atoms with E-state index < -0.39 is 0 Å². The summed E-state index contributed by atoms with van der Waals surface area (Å²) < 4.78 is 0. The van der Waals surface area contributed by atoms with E-state index in [-0.39, 0.29) is 10.5 Å². The number of unbranched alkanes of at least 4 members (excludes halogenated alkanes) is 2. The number of thioether (sulfide) groups is 2. The van der Waals surface area contributed by atoms with Crippen molar-refractivity contribution in [1.82, 2.24) is 0 Å². The van der Waals surface area contributed by atoms with Crippen LogP contribution in [-0.4, -0.2) is 22.0 Å². The zero-order valence-electron chi connectivity index (χ0n) is 17.2. The first-order valence-corrected chi connectivity index (χ1v) is 12.1. The summed E-state index contributed by atoms with van der Waals surface area (Å²) in [5.74, 6) is 1.71. The van der Waals surface area contributed by atoms with Gasteiger partial charge in [-0.25, -0.2) is 0 Å². The SMILES string of the molecule is CCCCSC(=O)Nc1ccc(Cc2ccc(NC(=O)SCCCC)cc2)cc1. The summed E-state index contributed by atoms with van der Waals surface area (Å²) in [4.78, 5) is 23.7. The maximum Gasteiger partial charge on any atom is 0.283 e. The summed E-state index contributed by atoms with van der Waals surface area (Å²) >= 11 is 2.66. The molecule has 6 heteroatoms. The minimum atomic E-state index is -0.00306. The number of hydrogen-bond donors (Lipinski definition) is 2. The Morgan fingerprint density at radius 1 is 0.690 bits per heavy atom. The van der Waals surface area contributed by atoms with Gasteiger partial charge in [0.1, 0.15) is 0 Å². The molecule has 0 aliphatic rings. The van der Waals surface area contributed by atoms with E-state index in [4.69, 9.17) is 0 Å². The van der Waals surface area contributed by atoms with Crippen LogP contribution in [0, 0.1) is 0 Å². The Kier molecular flexibility index (Phi) is 10.7. The van der Waals surface area contributed by atoms with E-state index in [1.807, 2.05) is 48.5 Å². The summed E-state index contributed by atoms with van der Waals surface area (Å²) in [5, 5.41) is 5.83. The van der Waals surface area contributed by atoms with Crippen LogP contribution in [0.1, 0.15) is 50.7 Å². The molecule has 0 bridgehead atoms. The monoisotopic (exact) mass is 430 g/mol. The minimum absolute atomic E-state index is 0.00306. The zero-order valence-corrected chi connectivity index (χ0v) is 18.8. The highest BCUT2D eigenvalue weighted by Gasteiger charge is 2.05. The molecule has 156 valence electrons. The molecule has 0 fully saturated rings. The van der Waals surface area contributed by atoms with Crippen molar-refractivity contribution in [2.75, 3.05) is 22.1 Å². The Labute approximate surface area is 182 Å². The van der Waals surface area contributed by atoms with Crippen LogP contribution in [0.4, 0.5) is 21.0 Å². The predicted octanol–water partition coefficient (Wildman–Crippen LogP) is 7.41. The van der Waals surface area contributed by atoms with Crippen LogP contribution in [0.25, 0.3) is 0 Å². The van der Waals surface area contributed by atoms with E-state index in [0.717, 1.165) is 55.0 Å². The number of benzene rings is 2. The van der Waals surface area contributed by atoms with Gasteiger partial charge >= 0.3 is 0 Å². The van der Waals surface area contributed by atoms with Crippen molar-refractivity contribution in [3.8, 4) is 0 Å². The van der Waals surface area contributed by atoms with Crippen LogP contribution in [-0.2, 0) is 6.42 Å². The second-order valence-electron chi connectivity index (χ2n) is 6.80. The van der Waals surface area contributed by atoms with Gasteiger partial charge in [0.05, 0.1) is 0 Å². The van der Waals surface area contributed by atoms with Gasteiger partial charge in [0.25, 0.3) is 10.5 Å². The Morgan fingerprint density at radius 3 is 1.41 bits per heavy atom. The third kappa shape index (κ3) is 9.41. The summed E-state index contributed by atoms with van der Waals surface area (Å²) in [7, 11) is 0. The fourth-order valence-electron chi connectivity index (χ4n) is 2.57. The first-order chi connectivity index (χ1) is 14.1. The molecule has 2 rings (SSSR count). The topological polar surface area (TPSA) is 58.2 Å². The molecule has 0 saturated heterocycles. The number of carbonyl (C=O) groups excluding carboxylic acids is 2. The third-order valence-corrected chi connectivity index (χ3v) is 5.99. The third-order valence-electron chi connectivity index (χ3n) is 4.27. The van der Waals surface area contributed by atoms with Gasteiger partial charge in [-0.3, -0.25) is 9.59 Å². The summed E-state index contributed by atoms with van der Waals surface area (Å²) in [5.41, 5.74) is 3.99. The normalized spacial score (nSPS) is 10.6. The van der Waals surface area contributed by atoms with Gasteiger partial charge in [-0.1, -0.05) is 74.5 Å². The molecule has 4 nitrogen and oxygen atoms in total. The lowest BCUT2D eigenvalue weighted by Crippen LogP contribution is -2.06. The number of hydrogen-bond acceptors (Lipinski definition) is 4. The lowest BCUT2D eigenvalue weighted by Gasteiger charge is -2.08. The van der Waals surface area contributed by atoms with Gasteiger partial charge in [0, 0.05) is 22.9 Å². The van der Waals surface area contributed by atoms with Crippen molar-refractivity contribution in [2.24, 2.45) is 0 Å². The van der Waals surface area contributed by atoms with Crippen LogP contribution in [0.5, 0.6) is 0 Å². The zero-order chi connectivity index (χ0) is 20.9. The Bertz CT molecular complexity index is 696. The lowest BCUT2D eigenvalue weighted by molar-refractivity contribution is 0.269. The molecule has 0 saturated carbocycles. The molecular formula is C23H30N2O2S2. The summed E-state index contributed by atoms with van der Waals surface area (Å²) in [6.45, 7) is 4.24. The largest absolute Gasteiger partial charge is 0.317 e. The lowest BCUT2D eigenvalue weighted by atomic mass is 10.0. The number of nitrogens with one attached hydrogen (secondary N) is 2. The Balaban J connectivity index is 1.80. The molecule has 0 spiro atoms. The van der Waals surface area contributed by atoms with E-state index >= 15 is 0 Å². The van der Waals surface area contributed by atoms with Gasteiger partial charge in [0.15, 0.2) is 0 Å². The molecule has 2 N–H and O–H groups in total. The van der Waals surface area contributed by atoms with Crippen LogP contribution in [0.3, 0.4) is 0 Å². The van der Waals surface area contributed by atoms with Gasteiger partial charge in [-0.05, 0) is 54.7 Å². The second kappa shape index (κ2) is 13.3. The number of anilines is 2. The average Bonchev–Trinajstić information content (AvgIpc) is 2.71. The molecule has 0 aromatic heterocycles. The average molecular weight is 431 g/mol. The second-order valence-corrected chi connectivity index (χ2v) is 8.93. The van der Waals surface area contributed by atoms with Crippen LogP contribution in [0.15, 0.2) is 48.5 Å². The first kappa shape index (κ1) is 23.4.